The Kier molecular flexibility index (Phi) is 7.45. The van der Waals surface area contributed by atoms with Gasteiger partial charge in [-0.1, -0.05) is 13.8 Å². The van der Waals surface area contributed by atoms with Crippen LogP contribution in [-0.4, -0.2) is 53.7 Å². The number of guanidine groups is 1. The molecular formula is C18H34N6O. The largest absolute Gasteiger partial charge is 0.359 e. The quantitative estimate of drug-likeness (QED) is 0.580. The molecule has 0 bridgehead atoms. The van der Waals surface area contributed by atoms with Crippen molar-refractivity contribution in [3.63, 3.8) is 0 Å². The maximum Gasteiger partial charge on any atom is 0.227 e. The van der Waals surface area contributed by atoms with Gasteiger partial charge in [0, 0.05) is 46.0 Å². The molecule has 0 atom stereocenters. The Balaban J connectivity index is 2.95. The highest BCUT2D eigenvalue weighted by Crippen LogP contribution is 2.19. The molecule has 1 aromatic rings. The first-order chi connectivity index (χ1) is 11.6. The summed E-state index contributed by atoms with van der Waals surface area (Å²) in [5, 5.41) is 10.6. The van der Waals surface area contributed by atoms with Crippen LogP contribution >= 0.6 is 0 Å². The number of hydrogen-bond acceptors (Lipinski definition) is 3. The first kappa shape index (κ1) is 21.0. The van der Waals surface area contributed by atoms with Crippen LogP contribution in [0.2, 0.25) is 0 Å². The Morgan fingerprint density at radius 3 is 2.60 bits per heavy atom. The predicted octanol–water partition coefficient (Wildman–Crippen LogP) is 1.71. The summed E-state index contributed by atoms with van der Waals surface area (Å²) in [6, 6.07) is 0. The number of nitrogens with one attached hydrogen (secondary N) is 2. The van der Waals surface area contributed by atoms with E-state index in [0.29, 0.717) is 19.0 Å². The standard InChI is InChI=1S/C18H34N6O/c1-9-20-17(21-12-18(4,5)16(25)19-6)23(7)10-14-11-24(8)22-15(14)13(2)3/h11,13H,9-10,12H2,1-8H3,(H,19,25)(H,20,21). The van der Waals surface area contributed by atoms with E-state index in [0.717, 1.165) is 18.2 Å². The molecule has 142 valence electrons. The lowest BCUT2D eigenvalue weighted by Crippen LogP contribution is -2.41. The molecule has 7 heteroatoms. The Morgan fingerprint density at radius 2 is 2.08 bits per heavy atom. The van der Waals surface area contributed by atoms with E-state index in [9.17, 15) is 4.79 Å². The van der Waals surface area contributed by atoms with E-state index in [1.54, 1.807) is 7.05 Å². The third-order valence-corrected chi connectivity index (χ3v) is 4.05. The molecule has 0 aromatic carbocycles. The van der Waals surface area contributed by atoms with Crippen molar-refractivity contribution >= 4 is 11.9 Å². The van der Waals surface area contributed by atoms with Crippen LogP contribution in [0.4, 0.5) is 0 Å². The van der Waals surface area contributed by atoms with Gasteiger partial charge >= 0.3 is 0 Å². The van der Waals surface area contributed by atoms with Gasteiger partial charge in [-0.3, -0.25) is 14.5 Å². The van der Waals surface area contributed by atoms with Crippen LogP contribution < -0.4 is 10.6 Å². The van der Waals surface area contributed by atoms with Gasteiger partial charge in [0.2, 0.25) is 5.91 Å². The fourth-order valence-electron chi connectivity index (χ4n) is 2.65. The number of amides is 1. The van der Waals surface area contributed by atoms with Gasteiger partial charge in [-0.15, -0.1) is 0 Å². The van der Waals surface area contributed by atoms with Gasteiger partial charge in [-0.2, -0.15) is 5.10 Å². The molecule has 2 N–H and O–H groups in total. The third kappa shape index (κ3) is 5.76. The Labute approximate surface area is 151 Å². The summed E-state index contributed by atoms with van der Waals surface area (Å²) in [5.74, 6) is 1.15. The Hall–Kier alpha value is -2.05. The number of aliphatic imine (C=N–C) groups is 1. The predicted molar refractivity (Wildman–Crippen MR) is 103 cm³/mol. The first-order valence-corrected chi connectivity index (χ1v) is 8.86. The van der Waals surface area contributed by atoms with E-state index in [2.05, 4.69) is 45.7 Å². The summed E-state index contributed by atoms with van der Waals surface area (Å²) in [6.07, 6.45) is 2.06. The summed E-state index contributed by atoms with van der Waals surface area (Å²) in [4.78, 5) is 18.7. The third-order valence-electron chi connectivity index (χ3n) is 4.05. The molecule has 0 aliphatic carbocycles. The van der Waals surface area contributed by atoms with Crippen molar-refractivity contribution in [2.24, 2.45) is 17.5 Å². The molecule has 0 spiro atoms. The number of carbonyl (C=O) groups excluding carboxylic acids is 1. The van der Waals surface area contributed by atoms with Crippen molar-refractivity contribution in [2.45, 2.75) is 47.1 Å². The van der Waals surface area contributed by atoms with Gasteiger partial charge in [0.15, 0.2) is 5.96 Å². The molecule has 0 fully saturated rings. The van der Waals surface area contributed by atoms with Gasteiger partial charge in [-0.25, -0.2) is 0 Å². The minimum Gasteiger partial charge on any atom is -0.359 e. The molecule has 0 saturated heterocycles. The SMILES string of the molecule is CCNC(=NCC(C)(C)C(=O)NC)N(C)Cc1cn(C)nc1C(C)C. The summed E-state index contributed by atoms with van der Waals surface area (Å²) in [7, 11) is 5.60. The van der Waals surface area contributed by atoms with E-state index in [-0.39, 0.29) is 5.91 Å². The highest BCUT2D eigenvalue weighted by molar-refractivity contribution is 5.83. The number of hydrogen-bond donors (Lipinski definition) is 2. The molecule has 0 radical (unpaired) electrons. The highest BCUT2D eigenvalue weighted by Gasteiger charge is 2.26. The minimum atomic E-state index is -0.548. The number of rotatable bonds is 7. The summed E-state index contributed by atoms with van der Waals surface area (Å²) < 4.78 is 1.86. The molecule has 1 amide bonds. The van der Waals surface area contributed by atoms with Crippen molar-refractivity contribution in [3.8, 4) is 0 Å². The smallest absolute Gasteiger partial charge is 0.227 e. The van der Waals surface area contributed by atoms with Crippen molar-refractivity contribution in [1.29, 1.82) is 0 Å². The maximum atomic E-state index is 12.0. The van der Waals surface area contributed by atoms with Crippen molar-refractivity contribution < 1.29 is 4.79 Å². The van der Waals surface area contributed by atoms with Crippen LogP contribution in [0.25, 0.3) is 0 Å². The molecule has 1 heterocycles. The topological polar surface area (TPSA) is 74.6 Å². The minimum absolute atomic E-state index is 0.0101. The number of carbonyl (C=O) groups is 1. The van der Waals surface area contributed by atoms with Crippen LogP contribution in [0.3, 0.4) is 0 Å². The average molecular weight is 351 g/mol. The van der Waals surface area contributed by atoms with E-state index in [4.69, 9.17) is 0 Å². The number of nitrogens with zero attached hydrogens (tertiary/aromatic N) is 4. The van der Waals surface area contributed by atoms with Crippen LogP contribution in [0, 0.1) is 5.41 Å². The zero-order valence-corrected chi connectivity index (χ0v) is 17.0. The van der Waals surface area contributed by atoms with Crippen molar-refractivity contribution in [1.82, 2.24) is 25.3 Å². The van der Waals surface area contributed by atoms with E-state index in [1.807, 2.05) is 39.5 Å². The monoisotopic (exact) mass is 350 g/mol. The van der Waals surface area contributed by atoms with E-state index >= 15 is 0 Å². The zero-order chi connectivity index (χ0) is 19.2. The zero-order valence-electron chi connectivity index (χ0n) is 17.0. The normalized spacial score (nSPS) is 12.4. The van der Waals surface area contributed by atoms with Gasteiger partial charge in [0.05, 0.1) is 17.7 Å². The summed E-state index contributed by atoms with van der Waals surface area (Å²) in [5.41, 5.74) is 1.75. The molecule has 0 unspecified atom stereocenters. The average Bonchev–Trinajstić information content (AvgIpc) is 2.91. The highest BCUT2D eigenvalue weighted by atomic mass is 16.2. The van der Waals surface area contributed by atoms with Crippen LogP contribution in [0.15, 0.2) is 11.2 Å². The van der Waals surface area contributed by atoms with Gasteiger partial charge in [0.25, 0.3) is 0 Å². The van der Waals surface area contributed by atoms with E-state index < -0.39 is 5.41 Å². The number of aryl methyl sites for hydroxylation is 1. The summed E-state index contributed by atoms with van der Waals surface area (Å²) in [6.45, 7) is 12.0. The lowest BCUT2D eigenvalue weighted by molar-refractivity contribution is -0.128. The second-order valence-electron chi connectivity index (χ2n) is 7.36. The Morgan fingerprint density at radius 1 is 1.44 bits per heavy atom. The fourth-order valence-corrected chi connectivity index (χ4v) is 2.65. The van der Waals surface area contributed by atoms with Gasteiger partial charge < -0.3 is 15.5 Å². The molecule has 0 saturated carbocycles. The molecule has 0 aliphatic heterocycles. The molecular weight excluding hydrogens is 316 g/mol. The Bertz CT molecular complexity index is 603. The van der Waals surface area contributed by atoms with Crippen molar-refractivity contribution in [2.75, 3.05) is 27.2 Å². The molecule has 25 heavy (non-hydrogen) atoms. The van der Waals surface area contributed by atoms with E-state index in [1.165, 1.54) is 5.56 Å². The fraction of sp³-hybridized carbons (Fsp3) is 0.722. The first-order valence-electron chi connectivity index (χ1n) is 8.86. The number of aromatic nitrogens is 2. The molecule has 7 nitrogen and oxygen atoms in total. The lowest BCUT2D eigenvalue weighted by atomic mass is 9.93. The van der Waals surface area contributed by atoms with Gasteiger partial charge in [0.1, 0.15) is 0 Å². The summed E-state index contributed by atoms with van der Waals surface area (Å²) >= 11 is 0. The van der Waals surface area contributed by atoms with Crippen molar-refractivity contribution in [3.05, 3.63) is 17.5 Å². The van der Waals surface area contributed by atoms with Crippen LogP contribution in [0.1, 0.15) is 51.8 Å². The second-order valence-corrected chi connectivity index (χ2v) is 7.36. The maximum absolute atomic E-state index is 12.0. The lowest BCUT2D eigenvalue weighted by Gasteiger charge is -2.25. The second kappa shape index (κ2) is 8.87. The molecule has 1 rings (SSSR count). The molecule has 1 aromatic heterocycles. The van der Waals surface area contributed by atoms with Crippen LogP contribution in [0.5, 0.6) is 0 Å². The van der Waals surface area contributed by atoms with Crippen LogP contribution in [-0.2, 0) is 18.4 Å². The molecule has 0 aliphatic rings. The van der Waals surface area contributed by atoms with Gasteiger partial charge in [-0.05, 0) is 26.7 Å².